The standard InChI is InChI=1S/C27H30N2O4/c1-4-6-7-8-15-23(28-33-26(31)5-2)27(32)22-18-29(25-17-12-10-14-21(22)25)24-16-11-9-13-20(24)19(3)30/h9-14,16-18H,4-8,15H2,1-3H3/b28-23+. The zero-order chi connectivity index (χ0) is 23.8. The molecule has 0 saturated heterocycles. The third-order valence-corrected chi connectivity index (χ3v) is 5.58. The van der Waals surface area contributed by atoms with E-state index in [2.05, 4.69) is 12.1 Å². The molecule has 0 spiro atoms. The molecule has 0 N–H and O–H groups in total. The molecular formula is C27H30N2O4. The summed E-state index contributed by atoms with van der Waals surface area (Å²) >= 11 is 0. The van der Waals surface area contributed by atoms with Crippen molar-refractivity contribution >= 4 is 34.2 Å². The molecule has 33 heavy (non-hydrogen) atoms. The van der Waals surface area contributed by atoms with Crippen molar-refractivity contribution in [1.29, 1.82) is 0 Å². The number of oxime groups is 1. The summed E-state index contributed by atoms with van der Waals surface area (Å²) in [5.41, 5.74) is 2.79. The van der Waals surface area contributed by atoms with Gasteiger partial charge in [0.2, 0.25) is 5.78 Å². The summed E-state index contributed by atoms with van der Waals surface area (Å²) in [6.45, 7) is 5.33. The van der Waals surface area contributed by atoms with Crippen LogP contribution in [0, 0.1) is 0 Å². The molecule has 0 unspecified atom stereocenters. The highest BCUT2D eigenvalue weighted by molar-refractivity contribution is 6.47. The van der Waals surface area contributed by atoms with Gasteiger partial charge >= 0.3 is 5.97 Å². The minimum Gasteiger partial charge on any atom is -0.318 e. The lowest BCUT2D eigenvalue weighted by Crippen LogP contribution is -2.16. The molecule has 0 amide bonds. The fourth-order valence-corrected chi connectivity index (χ4v) is 3.79. The summed E-state index contributed by atoms with van der Waals surface area (Å²) in [6, 6.07) is 14.9. The minimum atomic E-state index is -0.480. The highest BCUT2D eigenvalue weighted by atomic mass is 16.7. The summed E-state index contributed by atoms with van der Waals surface area (Å²) in [5.74, 6) is -0.807. The van der Waals surface area contributed by atoms with Crippen molar-refractivity contribution in [1.82, 2.24) is 4.57 Å². The Balaban J connectivity index is 2.07. The van der Waals surface area contributed by atoms with Gasteiger partial charge in [0.05, 0.1) is 11.2 Å². The van der Waals surface area contributed by atoms with Gasteiger partial charge in [-0.2, -0.15) is 0 Å². The van der Waals surface area contributed by atoms with E-state index in [0.717, 1.165) is 36.6 Å². The van der Waals surface area contributed by atoms with E-state index < -0.39 is 5.97 Å². The molecule has 0 atom stereocenters. The van der Waals surface area contributed by atoms with Crippen molar-refractivity contribution in [3.05, 3.63) is 65.9 Å². The van der Waals surface area contributed by atoms with Crippen LogP contribution in [0.3, 0.4) is 0 Å². The van der Waals surface area contributed by atoms with Gasteiger partial charge in [-0.15, -0.1) is 0 Å². The zero-order valence-electron chi connectivity index (χ0n) is 19.5. The minimum absolute atomic E-state index is 0.0547. The first kappa shape index (κ1) is 24.1. The summed E-state index contributed by atoms with van der Waals surface area (Å²) in [6.07, 6.45) is 6.26. The first-order valence-electron chi connectivity index (χ1n) is 11.5. The molecule has 0 saturated carbocycles. The van der Waals surface area contributed by atoms with Crippen LogP contribution in [-0.4, -0.2) is 27.8 Å². The molecule has 0 bridgehead atoms. The van der Waals surface area contributed by atoms with Crippen LogP contribution in [0.5, 0.6) is 0 Å². The predicted molar refractivity (Wildman–Crippen MR) is 130 cm³/mol. The Morgan fingerprint density at radius 3 is 2.36 bits per heavy atom. The molecule has 6 heteroatoms. The first-order valence-corrected chi connectivity index (χ1v) is 11.5. The van der Waals surface area contributed by atoms with Crippen LogP contribution in [0.4, 0.5) is 0 Å². The van der Waals surface area contributed by atoms with E-state index in [1.165, 1.54) is 6.92 Å². The maximum Gasteiger partial charge on any atom is 0.334 e. The molecule has 0 radical (unpaired) electrons. The second kappa shape index (κ2) is 11.4. The van der Waals surface area contributed by atoms with E-state index in [1.54, 1.807) is 19.2 Å². The lowest BCUT2D eigenvalue weighted by Gasteiger charge is -2.09. The fraction of sp³-hybridized carbons (Fsp3) is 0.333. The topological polar surface area (TPSA) is 77.7 Å². The Hall–Kier alpha value is -3.54. The van der Waals surface area contributed by atoms with Gasteiger partial charge < -0.3 is 9.40 Å². The van der Waals surface area contributed by atoms with Crippen LogP contribution in [0.15, 0.2) is 59.9 Å². The van der Waals surface area contributed by atoms with Gasteiger partial charge in [0.15, 0.2) is 5.78 Å². The number of carbonyl (C=O) groups excluding carboxylic acids is 3. The number of hydrogen-bond donors (Lipinski definition) is 0. The molecule has 0 fully saturated rings. The largest absolute Gasteiger partial charge is 0.334 e. The SMILES string of the molecule is CCCCCC/C(=N\OC(=O)CC)C(=O)c1cn(-c2ccccc2C(C)=O)c2ccccc12. The molecule has 3 aromatic rings. The molecule has 6 nitrogen and oxygen atoms in total. The van der Waals surface area contributed by atoms with Gasteiger partial charge in [-0.1, -0.05) is 68.6 Å². The van der Waals surface area contributed by atoms with Gasteiger partial charge in [-0.3, -0.25) is 9.59 Å². The van der Waals surface area contributed by atoms with Crippen molar-refractivity contribution in [2.24, 2.45) is 5.16 Å². The van der Waals surface area contributed by atoms with Crippen LogP contribution in [0.1, 0.15) is 80.0 Å². The Labute approximate surface area is 194 Å². The molecule has 3 rings (SSSR count). The van der Waals surface area contributed by atoms with Crippen LogP contribution >= 0.6 is 0 Å². The van der Waals surface area contributed by atoms with Crippen LogP contribution in [0.2, 0.25) is 0 Å². The second-order valence-electron chi connectivity index (χ2n) is 8.00. The van der Waals surface area contributed by atoms with Crippen molar-refractivity contribution < 1.29 is 19.2 Å². The average Bonchev–Trinajstić information content (AvgIpc) is 3.22. The van der Waals surface area contributed by atoms with Gasteiger partial charge in [0.1, 0.15) is 5.71 Å². The Morgan fingerprint density at radius 1 is 0.909 bits per heavy atom. The Kier molecular flexibility index (Phi) is 8.30. The molecule has 0 aliphatic heterocycles. The molecule has 172 valence electrons. The Morgan fingerprint density at radius 2 is 1.64 bits per heavy atom. The quantitative estimate of drug-likeness (QED) is 0.114. The number of aromatic nitrogens is 1. The number of rotatable bonds is 11. The average molecular weight is 447 g/mol. The van der Waals surface area contributed by atoms with Gasteiger partial charge in [-0.25, -0.2) is 4.79 Å². The number of carbonyl (C=O) groups is 3. The summed E-state index contributed by atoms with van der Waals surface area (Å²) in [5, 5.41) is 4.71. The maximum atomic E-state index is 13.6. The molecular weight excluding hydrogens is 416 g/mol. The normalized spacial score (nSPS) is 11.5. The van der Waals surface area contributed by atoms with Crippen LogP contribution in [-0.2, 0) is 9.63 Å². The van der Waals surface area contributed by atoms with Crippen molar-refractivity contribution in [3.63, 3.8) is 0 Å². The van der Waals surface area contributed by atoms with Crippen molar-refractivity contribution in [2.45, 2.75) is 59.3 Å². The number of fused-ring (bicyclic) bond motifs is 1. The number of ketones is 2. The van der Waals surface area contributed by atoms with Crippen LogP contribution < -0.4 is 0 Å². The lowest BCUT2D eigenvalue weighted by atomic mass is 10.0. The lowest BCUT2D eigenvalue weighted by molar-refractivity contribution is -0.143. The van der Waals surface area contributed by atoms with Crippen molar-refractivity contribution in [2.75, 3.05) is 0 Å². The van der Waals surface area contributed by atoms with E-state index >= 15 is 0 Å². The predicted octanol–water partition coefficient (Wildman–Crippen LogP) is 6.30. The summed E-state index contributed by atoms with van der Waals surface area (Å²) < 4.78 is 1.87. The molecule has 0 aliphatic carbocycles. The maximum absolute atomic E-state index is 13.6. The summed E-state index contributed by atoms with van der Waals surface area (Å²) in [4.78, 5) is 42.5. The van der Waals surface area contributed by atoms with E-state index in [1.807, 2.05) is 47.0 Å². The smallest absolute Gasteiger partial charge is 0.318 e. The number of para-hydroxylation sites is 2. The van der Waals surface area contributed by atoms with E-state index in [-0.39, 0.29) is 23.7 Å². The third-order valence-electron chi connectivity index (χ3n) is 5.58. The number of nitrogens with zero attached hydrogens (tertiary/aromatic N) is 2. The molecule has 0 aliphatic rings. The monoisotopic (exact) mass is 446 g/mol. The highest BCUT2D eigenvalue weighted by Gasteiger charge is 2.22. The second-order valence-corrected chi connectivity index (χ2v) is 8.00. The Bertz CT molecular complexity index is 1190. The third kappa shape index (κ3) is 5.64. The molecule has 2 aromatic carbocycles. The molecule has 1 heterocycles. The highest BCUT2D eigenvalue weighted by Crippen LogP contribution is 2.28. The first-order chi connectivity index (χ1) is 16.0. The fourth-order valence-electron chi connectivity index (χ4n) is 3.79. The van der Waals surface area contributed by atoms with Gasteiger partial charge in [0.25, 0.3) is 0 Å². The number of Topliss-reactive ketones (excluding diaryl/α,β-unsaturated/α-hetero) is 2. The van der Waals surface area contributed by atoms with Gasteiger partial charge in [0, 0.05) is 29.1 Å². The number of hydrogen-bond acceptors (Lipinski definition) is 5. The van der Waals surface area contributed by atoms with E-state index in [0.29, 0.717) is 23.2 Å². The van der Waals surface area contributed by atoms with Crippen molar-refractivity contribution in [3.8, 4) is 5.69 Å². The zero-order valence-corrected chi connectivity index (χ0v) is 19.5. The summed E-state index contributed by atoms with van der Waals surface area (Å²) in [7, 11) is 0. The number of benzene rings is 2. The van der Waals surface area contributed by atoms with Crippen LogP contribution in [0.25, 0.3) is 16.6 Å². The number of unbranched alkanes of at least 4 members (excludes halogenated alkanes) is 3. The van der Waals surface area contributed by atoms with Gasteiger partial charge in [-0.05, 0) is 38.0 Å². The molecule has 1 aromatic heterocycles. The van der Waals surface area contributed by atoms with E-state index in [4.69, 9.17) is 4.84 Å². The van der Waals surface area contributed by atoms with E-state index in [9.17, 15) is 14.4 Å².